The molecule has 1 aliphatic rings. The highest BCUT2D eigenvalue weighted by Crippen LogP contribution is 2.35. The van der Waals surface area contributed by atoms with Crippen LogP contribution in [0.25, 0.3) is 0 Å². The number of piperidine rings is 1. The molecule has 0 spiro atoms. The number of carbonyl (C=O) groups is 1. The SMILES string of the molecule is O=C(O)C1CCCN(C(c2ccc(Br)cc2)c2cccs2)C1. The number of nitrogens with zero attached hydrogens (tertiary/aromatic N) is 1. The van der Waals surface area contributed by atoms with Gasteiger partial charge in [-0.05, 0) is 48.5 Å². The third-order valence-electron chi connectivity index (χ3n) is 4.17. The smallest absolute Gasteiger partial charge is 0.307 e. The third kappa shape index (κ3) is 3.42. The topological polar surface area (TPSA) is 40.5 Å². The molecule has 1 N–H and O–H groups in total. The molecule has 116 valence electrons. The number of hydrogen-bond acceptors (Lipinski definition) is 3. The lowest BCUT2D eigenvalue weighted by Gasteiger charge is -2.37. The van der Waals surface area contributed by atoms with Gasteiger partial charge in [0.2, 0.25) is 0 Å². The van der Waals surface area contributed by atoms with E-state index in [1.54, 1.807) is 11.3 Å². The van der Waals surface area contributed by atoms with Gasteiger partial charge in [-0.3, -0.25) is 9.69 Å². The lowest BCUT2D eigenvalue weighted by molar-refractivity contribution is -0.143. The predicted octanol–water partition coefficient (Wildman–Crippen LogP) is 4.40. The van der Waals surface area contributed by atoms with Crippen LogP contribution in [0.15, 0.2) is 46.3 Å². The monoisotopic (exact) mass is 379 g/mol. The van der Waals surface area contributed by atoms with E-state index in [1.165, 1.54) is 10.4 Å². The highest BCUT2D eigenvalue weighted by atomic mass is 79.9. The molecular weight excluding hydrogens is 362 g/mol. The van der Waals surface area contributed by atoms with Gasteiger partial charge in [0, 0.05) is 15.9 Å². The third-order valence-corrected chi connectivity index (χ3v) is 5.62. The van der Waals surface area contributed by atoms with Gasteiger partial charge in [0.15, 0.2) is 0 Å². The van der Waals surface area contributed by atoms with Crippen molar-refractivity contribution >= 4 is 33.2 Å². The molecule has 2 aromatic rings. The summed E-state index contributed by atoms with van der Waals surface area (Å²) in [4.78, 5) is 14.9. The summed E-state index contributed by atoms with van der Waals surface area (Å²) in [6.45, 7) is 1.57. The Morgan fingerprint density at radius 2 is 2.09 bits per heavy atom. The van der Waals surface area contributed by atoms with Crippen LogP contribution in [0.4, 0.5) is 0 Å². The first-order valence-electron chi connectivity index (χ1n) is 7.41. The molecule has 1 aromatic heterocycles. The van der Waals surface area contributed by atoms with Gasteiger partial charge in [-0.25, -0.2) is 0 Å². The molecule has 0 amide bonds. The molecule has 1 aliphatic heterocycles. The highest BCUT2D eigenvalue weighted by Gasteiger charge is 2.31. The van der Waals surface area contributed by atoms with Crippen LogP contribution in [0.3, 0.4) is 0 Å². The molecule has 1 fully saturated rings. The van der Waals surface area contributed by atoms with E-state index in [4.69, 9.17) is 0 Å². The highest BCUT2D eigenvalue weighted by molar-refractivity contribution is 9.10. The van der Waals surface area contributed by atoms with Crippen molar-refractivity contribution in [3.63, 3.8) is 0 Å². The van der Waals surface area contributed by atoms with Crippen LogP contribution in [0.2, 0.25) is 0 Å². The molecular formula is C17H18BrNO2S. The number of likely N-dealkylation sites (tertiary alicyclic amines) is 1. The van der Waals surface area contributed by atoms with Gasteiger partial charge in [-0.2, -0.15) is 0 Å². The maximum Gasteiger partial charge on any atom is 0.307 e. The zero-order chi connectivity index (χ0) is 15.5. The van der Waals surface area contributed by atoms with E-state index in [0.717, 1.165) is 23.9 Å². The number of aliphatic carboxylic acids is 1. The van der Waals surface area contributed by atoms with Crippen molar-refractivity contribution in [2.24, 2.45) is 5.92 Å². The summed E-state index contributed by atoms with van der Waals surface area (Å²) in [6, 6.07) is 12.7. The number of carboxylic acids is 1. The van der Waals surface area contributed by atoms with E-state index >= 15 is 0 Å². The van der Waals surface area contributed by atoms with Crippen LogP contribution in [-0.2, 0) is 4.79 Å². The number of carboxylic acid groups (broad SMARTS) is 1. The second kappa shape index (κ2) is 6.94. The van der Waals surface area contributed by atoms with Crippen LogP contribution in [0.5, 0.6) is 0 Å². The van der Waals surface area contributed by atoms with Gasteiger partial charge in [0.05, 0.1) is 12.0 Å². The normalized spacial score (nSPS) is 20.7. The van der Waals surface area contributed by atoms with Crippen molar-refractivity contribution in [3.8, 4) is 0 Å². The van der Waals surface area contributed by atoms with Gasteiger partial charge in [0.1, 0.15) is 0 Å². The van der Waals surface area contributed by atoms with Crippen LogP contribution < -0.4 is 0 Å². The summed E-state index contributed by atoms with van der Waals surface area (Å²) in [5.74, 6) is -0.933. The predicted molar refractivity (Wildman–Crippen MR) is 92.2 cm³/mol. The molecule has 2 unspecified atom stereocenters. The quantitative estimate of drug-likeness (QED) is 0.855. The molecule has 2 heterocycles. The number of hydrogen-bond donors (Lipinski definition) is 1. The Morgan fingerprint density at radius 3 is 2.73 bits per heavy atom. The standard InChI is InChI=1S/C17H18BrNO2S/c18-14-7-5-12(6-8-14)16(15-4-2-10-22-15)19-9-1-3-13(11-19)17(20)21/h2,4-8,10,13,16H,1,3,9,11H2,(H,20,21). The van der Waals surface area contributed by atoms with E-state index in [2.05, 4.69) is 62.6 Å². The zero-order valence-corrected chi connectivity index (χ0v) is 14.5. The molecule has 2 atom stereocenters. The van der Waals surface area contributed by atoms with E-state index in [9.17, 15) is 9.90 Å². The minimum Gasteiger partial charge on any atom is -0.481 e. The molecule has 1 aromatic carbocycles. The fraction of sp³-hybridized carbons (Fsp3) is 0.353. The Hall–Kier alpha value is -1.17. The summed E-state index contributed by atoms with van der Waals surface area (Å²) in [6.07, 6.45) is 1.72. The molecule has 22 heavy (non-hydrogen) atoms. The molecule has 3 rings (SSSR count). The van der Waals surface area contributed by atoms with Crippen molar-refractivity contribution in [3.05, 3.63) is 56.7 Å². The lowest BCUT2D eigenvalue weighted by Crippen LogP contribution is -2.41. The fourth-order valence-corrected chi connectivity index (χ4v) is 4.24. The van der Waals surface area contributed by atoms with Crippen LogP contribution >= 0.6 is 27.3 Å². The average molecular weight is 380 g/mol. The Balaban J connectivity index is 1.92. The van der Waals surface area contributed by atoms with Gasteiger partial charge in [0.25, 0.3) is 0 Å². The van der Waals surface area contributed by atoms with Crippen LogP contribution in [0, 0.1) is 5.92 Å². The molecule has 1 saturated heterocycles. The Labute approximate surface area is 142 Å². The van der Waals surface area contributed by atoms with Gasteiger partial charge in [-0.1, -0.05) is 34.1 Å². The van der Waals surface area contributed by atoms with Crippen molar-refractivity contribution in [2.75, 3.05) is 13.1 Å². The Morgan fingerprint density at radius 1 is 1.32 bits per heavy atom. The number of thiophene rings is 1. The summed E-state index contributed by atoms with van der Waals surface area (Å²) in [7, 11) is 0. The van der Waals surface area contributed by atoms with E-state index < -0.39 is 5.97 Å². The minimum atomic E-state index is -0.676. The molecule has 3 nitrogen and oxygen atoms in total. The summed E-state index contributed by atoms with van der Waals surface area (Å²) >= 11 is 5.21. The van der Waals surface area contributed by atoms with E-state index in [-0.39, 0.29) is 12.0 Å². The largest absolute Gasteiger partial charge is 0.481 e. The van der Waals surface area contributed by atoms with Gasteiger partial charge >= 0.3 is 5.97 Å². The number of benzene rings is 1. The number of halogens is 1. The minimum absolute atomic E-state index is 0.148. The van der Waals surface area contributed by atoms with Gasteiger partial charge in [-0.15, -0.1) is 11.3 Å². The van der Waals surface area contributed by atoms with Crippen molar-refractivity contribution < 1.29 is 9.90 Å². The second-order valence-corrected chi connectivity index (χ2v) is 7.54. The summed E-state index contributed by atoms with van der Waals surface area (Å²) in [5, 5.41) is 11.4. The first-order chi connectivity index (χ1) is 10.6. The lowest BCUT2D eigenvalue weighted by atomic mass is 9.94. The Bertz CT molecular complexity index is 627. The molecule has 5 heteroatoms. The van der Waals surface area contributed by atoms with Crippen molar-refractivity contribution in [1.82, 2.24) is 4.90 Å². The van der Waals surface area contributed by atoms with E-state index in [1.807, 2.05) is 0 Å². The zero-order valence-electron chi connectivity index (χ0n) is 12.1. The first kappa shape index (κ1) is 15.7. The van der Waals surface area contributed by atoms with Crippen LogP contribution in [-0.4, -0.2) is 29.1 Å². The first-order valence-corrected chi connectivity index (χ1v) is 9.08. The Kier molecular flexibility index (Phi) is 4.96. The molecule has 0 saturated carbocycles. The molecule has 0 radical (unpaired) electrons. The maximum absolute atomic E-state index is 11.4. The average Bonchev–Trinajstić information content (AvgIpc) is 3.04. The summed E-state index contributed by atoms with van der Waals surface area (Å²) in [5.41, 5.74) is 1.22. The molecule has 0 aliphatic carbocycles. The van der Waals surface area contributed by atoms with Crippen LogP contribution in [0.1, 0.15) is 29.3 Å². The van der Waals surface area contributed by atoms with E-state index in [0.29, 0.717) is 6.54 Å². The van der Waals surface area contributed by atoms with Crippen molar-refractivity contribution in [2.45, 2.75) is 18.9 Å². The fourth-order valence-electron chi connectivity index (χ4n) is 3.09. The second-order valence-electron chi connectivity index (χ2n) is 5.64. The molecule has 0 bridgehead atoms. The number of rotatable bonds is 4. The summed E-state index contributed by atoms with van der Waals surface area (Å²) < 4.78 is 1.06. The van der Waals surface area contributed by atoms with Crippen molar-refractivity contribution in [1.29, 1.82) is 0 Å². The maximum atomic E-state index is 11.4. The van der Waals surface area contributed by atoms with Gasteiger partial charge < -0.3 is 5.11 Å².